The fourth-order valence-electron chi connectivity index (χ4n) is 0.667. The van der Waals surface area contributed by atoms with Gasteiger partial charge in [0.1, 0.15) is 0 Å². The number of alkyl halides is 6. The largest absolute Gasteiger partial charge is 0.467 e. The van der Waals surface area contributed by atoms with Crippen LogP contribution in [0.2, 0.25) is 0 Å². The van der Waals surface area contributed by atoms with E-state index in [2.05, 4.69) is 6.92 Å². The fraction of sp³-hybridized carbons (Fsp3) is 0.833. The van der Waals surface area contributed by atoms with Gasteiger partial charge in [-0.05, 0) is 0 Å². The van der Waals surface area contributed by atoms with Crippen LogP contribution >= 0.6 is 0 Å². The maximum atomic E-state index is 11.7. The molecule has 14 heavy (non-hydrogen) atoms. The van der Waals surface area contributed by atoms with Gasteiger partial charge in [0.15, 0.2) is 0 Å². The van der Waals surface area contributed by atoms with E-state index in [0.717, 1.165) is 0 Å². The average Bonchev–Trinajstić information content (AvgIpc) is 1.81. The third kappa shape index (κ3) is 5.85. The minimum absolute atomic E-state index is 0. The zero-order valence-electron chi connectivity index (χ0n) is 6.95. The van der Waals surface area contributed by atoms with E-state index >= 15 is 0 Å². The molecule has 0 saturated carbocycles. The second kappa shape index (κ2) is 5.95. The summed E-state index contributed by atoms with van der Waals surface area (Å²) in [6.45, 7) is 2.06. The average molecular weight is 392 g/mol. The molecule has 0 fully saturated rings. The van der Waals surface area contributed by atoms with Crippen LogP contribution in [0.15, 0.2) is 0 Å². The van der Waals surface area contributed by atoms with E-state index in [1.165, 1.54) is 0 Å². The number of rotatable bonds is 3. The van der Waals surface area contributed by atoms with Gasteiger partial charge in [0.2, 0.25) is 0 Å². The van der Waals surface area contributed by atoms with Gasteiger partial charge in [-0.1, -0.05) is 6.42 Å². The summed E-state index contributed by atoms with van der Waals surface area (Å²) in [6.07, 6.45) is -11.0. The second-order valence-corrected chi connectivity index (χ2v) is 2.29. The number of nitrogens with zero attached hydrogens (tertiary/aromatic N) is 1. The van der Waals surface area contributed by atoms with Crippen LogP contribution in [0.1, 0.15) is 12.8 Å². The van der Waals surface area contributed by atoms with Crippen molar-refractivity contribution >= 4 is 0 Å². The van der Waals surface area contributed by atoms with Gasteiger partial charge in [-0.25, -0.2) is 0 Å². The molecule has 0 spiro atoms. The summed E-state index contributed by atoms with van der Waals surface area (Å²) in [7, 11) is 0. The molecule has 0 aliphatic carbocycles. The molecule has 86 valence electrons. The molecule has 0 amide bonds. The van der Waals surface area contributed by atoms with Crippen molar-refractivity contribution in [3.8, 4) is 0 Å². The molecule has 0 N–H and O–H groups in total. The van der Waals surface area contributed by atoms with Crippen molar-refractivity contribution in [2.24, 2.45) is 0 Å². The predicted molar refractivity (Wildman–Crippen MR) is 33.4 cm³/mol. The van der Waals surface area contributed by atoms with Crippen LogP contribution in [0.5, 0.6) is 0 Å². The Labute approximate surface area is 91.7 Å². The first-order chi connectivity index (χ1) is 5.69. The Morgan fingerprint density at radius 2 is 1.29 bits per heavy atom. The Bertz CT molecular complexity index is 139. The number of hydrogen-bond acceptors (Lipinski definition) is 1. The SMILES string of the molecule is [CH2-]CCCN(C(F)(F)F)C(F)(F)F.[W]. The first-order valence-electron chi connectivity index (χ1n) is 3.40. The molecule has 0 aromatic rings. The van der Waals surface area contributed by atoms with Crippen LogP contribution in [0, 0.1) is 6.92 Å². The third-order valence-electron chi connectivity index (χ3n) is 1.24. The Hall–Kier alpha value is 0.228. The third-order valence-corrected chi connectivity index (χ3v) is 1.24. The Balaban J connectivity index is 0. The van der Waals surface area contributed by atoms with Gasteiger partial charge in [-0.3, -0.25) is 0 Å². The molecule has 0 aromatic carbocycles. The first kappa shape index (κ1) is 16.7. The monoisotopic (exact) mass is 392 g/mol. The molecule has 0 rings (SSSR count). The van der Waals surface area contributed by atoms with Crippen LogP contribution in [0.3, 0.4) is 0 Å². The summed E-state index contributed by atoms with van der Waals surface area (Å²) in [5.74, 6) is 0. The molecule has 0 bridgehead atoms. The zero-order chi connectivity index (χ0) is 10.7. The van der Waals surface area contributed by atoms with E-state index in [0.29, 0.717) is 0 Å². The molecule has 0 aliphatic heterocycles. The van der Waals surface area contributed by atoms with Gasteiger partial charge < -0.3 is 6.92 Å². The van der Waals surface area contributed by atoms with Gasteiger partial charge in [-0.15, -0.1) is 4.90 Å². The number of halogens is 6. The van der Waals surface area contributed by atoms with E-state index in [1.54, 1.807) is 0 Å². The van der Waals surface area contributed by atoms with Crippen molar-refractivity contribution in [1.29, 1.82) is 0 Å². The van der Waals surface area contributed by atoms with Crippen LogP contribution in [0.25, 0.3) is 0 Å². The van der Waals surface area contributed by atoms with Crippen molar-refractivity contribution < 1.29 is 47.4 Å². The van der Waals surface area contributed by atoms with E-state index in [4.69, 9.17) is 0 Å². The maximum Gasteiger partial charge on any atom is 0.467 e. The molecule has 0 saturated heterocycles. The molecule has 8 heteroatoms. The van der Waals surface area contributed by atoms with Crippen LogP contribution in [-0.2, 0) is 21.1 Å². The molecule has 0 atom stereocenters. The van der Waals surface area contributed by atoms with Gasteiger partial charge in [0.05, 0.1) is 0 Å². The maximum absolute atomic E-state index is 11.7. The Morgan fingerprint density at radius 1 is 0.929 bits per heavy atom. The van der Waals surface area contributed by atoms with Crippen LogP contribution in [0.4, 0.5) is 26.3 Å². The second-order valence-electron chi connectivity index (χ2n) is 2.29. The Morgan fingerprint density at radius 3 is 1.50 bits per heavy atom. The fourth-order valence-corrected chi connectivity index (χ4v) is 0.667. The minimum Gasteiger partial charge on any atom is -0.343 e. The number of hydrogen-bond donors (Lipinski definition) is 0. The minimum atomic E-state index is -5.37. The summed E-state index contributed by atoms with van der Waals surface area (Å²) in [5, 5.41) is 0. The van der Waals surface area contributed by atoms with E-state index in [9.17, 15) is 26.3 Å². The molecule has 0 heterocycles. The molecule has 0 aliphatic rings. The van der Waals surface area contributed by atoms with Crippen molar-refractivity contribution in [2.45, 2.75) is 25.4 Å². The summed E-state index contributed by atoms with van der Waals surface area (Å²) in [6, 6.07) is 0. The smallest absolute Gasteiger partial charge is 0.343 e. The molecule has 0 aromatic heterocycles. The summed E-state index contributed by atoms with van der Waals surface area (Å²) >= 11 is 0. The molecular weight excluding hydrogens is 384 g/mol. The summed E-state index contributed by atoms with van der Waals surface area (Å²) < 4.78 is 70.3. The Kier molecular flexibility index (Phi) is 7.08. The zero-order valence-corrected chi connectivity index (χ0v) is 9.89. The van der Waals surface area contributed by atoms with Crippen molar-refractivity contribution in [3.05, 3.63) is 6.92 Å². The molecule has 1 nitrogen and oxygen atoms in total. The van der Waals surface area contributed by atoms with Gasteiger partial charge in [0, 0.05) is 27.6 Å². The molecule has 0 radical (unpaired) electrons. The summed E-state index contributed by atoms with van der Waals surface area (Å²) in [4.78, 5) is -1.45. The topological polar surface area (TPSA) is 3.24 Å². The quantitative estimate of drug-likeness (QED) is 0.406. The first-order valence-corrected chi connectivity index (χ1v) is 3.40. The predicted octanol–water partition coefficient (Wildman–Crippen LogP) is 2.94. The van der Waals surface area contributed by atoms with E-state index in [1.807, 2.05) is 0 Å². The number of unbranched alkanes of at least 4 members (excludes halogenated alkanes) is 1. The van der Waals surface area contributed by atoms with Crippen molar-refractivity contribution in [3.63, 3.8) is 0 Å². The summed E-state index contributed by atoms with van der Waals surface area (Å²) in [5.41, 5.74) is 0. The van der Waals surface area contributed by atoms with E-state index in [-0.39, 0.29) is 33.9 Å². The normalized spacial score (nSPS) is 12.9. The van der Waals surface area contributed by atoms with Gasteiger partial charge >= 0.3 is 12.6 Å². The van der Waals surface area contributed by atoms with Crippen molar-refractivity contribution in [1.82, 2.24) is 4.90 Å². The molecular formula is C6H8F6NW-. The molecule has 0 unspecified atom stereocenters. The van der Waals surface area contributed by atoms with Crippen LogP contribution in [-0.4, -0.2) is 24.0 Å². The van der Waals surface area contributed by atoms with Crippen molar-refractivity contribution in [2.75, 3.05) is 6.54 Å². The van der Waals surface area contributed by atoms with Crippen LogP contribution < -0.4 is 0 Å². The van der Waals surface area contributed by atoms with Gasteiger partial charge in [0.25, 0.3) is 0 Å². The standard InChI is InChI=1S/C6H8F6N.W/c1-2-3-4-13(5(7,8)9)6(10,11)12;/h1-4H2;/q-1;. The van der Waals surface area contributed by atoms with Gasteiger partial charge in [-0.2, -0.15) is 32.8 Å². The van der Waals surface area contributed by atoms with E-state index < -0.39 is 24.0 Å².